The molecular weight excluding hydrogens is 1040 g/mol. The molecule has 364 valence electrons. The van der Waals surface area contributed by atoms with Gasteiger partial charge in [0.25, 0.3) is 50.5 Å². The van der Waals surface area contributed by atoms with E-state index in [9.17, 15) is 83.7 Å². The number of ketones is 1. The van der Waals surface area contributed by atoms with Gasteiger partial charge in [-0.2, -0.15) is 43.9 Å². The molecule has 0 aliphatic heterocycles. The van der Waals surface area contributed by atoms with Crippen molar-refractivity contribution in [3.63, 3.8) is 0 Å². The zero-order valence-electron chi connectivity index (χ0n) is 33.9. The Morgan fingerprint density at radius 1 is 0.652 bits per heavy atom. The summed E-state index contributed by atoms with van der Waals surface area (Å²) in [5.74, 6) is -3.67. The Kier molecular flexibility index (Phi) is 13.7. The number of hydrazone groups is 1. The number of sulfonamides is 1. The summed E-state index contributed by atoms with van der Waals surface area (Å²) in [7, 11) is -31.2. The van der Waals surface area contributed by atoms with Gasteiger partial charge in [0.1, 0.15) is 48.2 Å². The number of carbonyl (C=O) groups excluding carboxylic acids is 1. The molecule has 0 amide bonds. The van der Waals surface area contributed by atoms with Crippen molar-refractivity contribution in [1.82, 2.24) is 0 Å². The summed E-state index contributed by atoms with van der Waals surface area (Å²) in [6.45, 7) is 2.99. The van der Waals surface area contributed by atoms with Crippen LogP contribution in [0, 0.1) is 5.92 Å². The van der Waals surface area contributed by atoms with E-state index in [0.717, 1.165) is 30.3 Å². The molecule has 0 heterocycles. The summed E-state index contributed by atoms with van der Waals surface area (Å²) in [6, 6.07) is 13.6. The van der Waals surface area contributed by atoms with E-state index in [1.54, 1.807) is 0 Å². The molecular formula is C36H30N8O19S6. The topological polar surface area (TPSA) is 455 Å². The Labute approximate surface area is 390 Å². The Morgan fingerprint density at radius 2 is 1.25 bits per heavy atom. The maximum atomic E-state index is 14.0. The van der Waals surface area contributed by atoms with Gasteiger partial charge in [0.2, 0.25) is 15.6 Å². The highest BCUT2D eigenvalue weighted by atomic mass is 32.2. The molecule has 6 rings (SSSR count). The minimum absolute atomic E-state index is 0.0372. The molecule has 4 aromatic carbocycles. The summed E-state index contributed by atoms with van der Waals surface area (Å²) in [6.07, 6.45) is -0.434. The van der Waals surface area contributed by atoms with Crippen LogP contribution in [0.3, 0.4) is 0 Å². The Morgan fingerprint density at radius 3 is 1.80 bits per heavy atom. The van der Waals surface area contributed by atoms with E-state index in [4.69, 9.17) is 5.73 Å². The molecule has 0 bridgehead atoms. The number of anilines is 2. The summed E-state index contributed by atoms with van der Waals surface area (Å²) in [5.41, 5.74) is 3.54. The van der Waals surface area contributed by atoms with Gasteiger partial charge >= 0.3 is 0 Å². The summed E-state index contributed by atoms with van der Waals surface area (Å²) < 4.78 is 193. The first-order chi connectivity index (χ1) is 31.8. The number of azo groups is 2. The molecule has 1 atom stereocenters. The molecule has 0 spiro atoms. The SMILES string of the molecule is C=CS(=O)(=O)c1cc(N=NC2=C(S(=O)(=O)O)CC3C=C(S(=O)(=O)O)C(=NNc4ccc(S(=O)(=O)Nc5ccc(N=Nc6ccc(O)cc6O)cc5)cc4)C(=O)C3=C2N)c(S(=O)(=O)O)cc1S(=O)(=O)O. The van der Waals surface area contributed by atoms with Crippen LogP contribution < -0.4 is 15.9 Å². The summed E-state index contributed by atoms with van der Waals surface area (Å²) in [5, 5.41) is 37.9. The fourth-order valence-corrected chi connectivity index (χ4v) is 11.5. The number of fused-ring (bicyclic) bond motifs is 1. The van der Waals surface area contributed by atoms with Crippen LogP contribution in [0.5, 0.6) is 11.5 Å². The first-order valence-corrected chi connectivity index (χ1v) is 27.0. The molecule has 0 saturated heterocycles. The van der Waals surface area contributed by atoms with Crippen molar-refractivity contribution in [3.05, 3.63) is 124 Å². The average molecular weight is 1070 g/mol. The molecule has 0 fully saturated rings. The molecule has 0 aromatic heterocycles. The number of nitrogens with one attached hydrogen (secondary N) is 2. The quantitative estimate of drug-likeness (QED) is 0.0462. The van der Waals surface area contributed by atoms with Crippen molar-refractivity contribution >= 4 is 100 Å². The Balaban J connectivity index is 1.32. The first-order valence-electron chi connectivity index (χ1n) is 18.2. The number of phenolic OH excluding ortho intramolecular Hbond substituents is 2. The maximum Gasteiger partial charge on any atom is 0.296 e. The summed E-state index contributed by atoms with van der Waals surface area (Å²) in [4.78, 5) is 6.79. The van der Waals surface area contributed by atoms with E-state index >= 15 is 0 Å². The molecule has 2 aliphatic carbocycles. The molecule has 0 radical (unpaired) electrons. The normalized spacial score (nSPS) is 17.0. The highest BCUT2D eigenvalue weighted by molar-refractivity contribution is 7.95. The molecule has 1 unspecified atom stereocenters. The van der Waals surface area contributed by atoms with Gasteiger partial charge in [-0.1, -0.05) is 12.7 Å². The molecule has 4 aromatic rings. The number of sulfone groups is 1. The highest BCUT2D eigenvalue weighted by Crippen LogP contribution is 2.42. The second-order valence-corrected chi connectivity index (χ2v) is 23.1. The first kappa shape index (κ1) is 51.3. The monoisotopic (exact) mass is 1070 g/mol. The van der Waals surface area contributed by atoms with Crippen molar-refractivity contribution in [1.29, 1.82) is 0 Å². The maximum absolute atomic E-state index is 14.0. The van der Waals surface area contributed by atoms with E-state index < -0.39 is 131 Å². The lowest BCUT2D eigenvalue weighted by Crippen LogP contribution is -2.36. The van der Waals surface area contributed by atoms with Crippen molar-refractivity contribution < 1.29 is 83.7 Å². The fourth-order valence-electron chi connectivity index (χ4n) is 6.24. The Hall–Kier alpha value is -7.08. The van der Waals surface area contributed by atoms with Gasteiger partial charge < -0.3 is 15.9 Å². The zero-order chi connectivity index (χ0) is 51.2. The molecule has 69 heavy (non-hydrogen) atoms. The lowest BCUT2D eigenvalue weighted by molar-refractivity contribution is -0.110. The number of phenols is 2. The third-order valence-corrected chi connectivity index (χ3v) is 16.0. The molecule has 10 N–H and O–H groups in total. The van der Waals surface area contributed by atoms with Crippen LogP contribution in [0.25, 0.3) is 0 Å². The minimum atomic E-state index is -5.60. The second kappa shape index (κ2) is 18.4. The molecule has 0 saturated carbocycles. The van der Waals surface area contributed by atoms with Crippen LogP contribution >= 0.6 is 0 Å². The van der Waals surface area contributed by atoms with Crippen molar-refractivity contribution in [2.45, 2.75) is 26.0 Å². The molecule has 2 aliphatic rings. The van der Waals surface area contributed by atoms with Crippen LogP contribution in [0.1, 0.15) is 6.42 Å². The number of carbonyl (C=O) groups is 1. The van der Waals surface area contributed by atoms with Gasteiger partial charge in [-0.15, -0.1) is 15.3 Å². The third-order valence-electron chi connectivity index (χ3n) is 9.40. The number of nitrogens with two attached hydrogens (primary N) is 1. The third kappa shape index (κ3) is 11.3. The number of aromatic hydroxyl groups is 2. The average Bonchev–Trinajstić information content (AvgIpc) is 3.24. The van der Waals surface area contributed by atoms with Crippen LogP contribution in [0.4, 0.5) is 28.4 Å². The number of allylic oxidation sites excluding steroid dienone is 4. The number of hydrogen-bond donors (Lipinski definition) is 9. The number of rotatable bonds is 15. The number of hydrogen-bond acceptors (Lipinski definition) is 22. The number of Topliss-reactive ketones (excluding diaryl/α,β-unsaturated/α-hetero) is 1. The predicted octanol–water partition coefficient (Wildman–Crippen LogP) is 3.96. The largest absolute Gasteiger partial charge is 0.508 e. The van der Waals surface area contributed by atoms with E-state index in [-0.39, 0.29) is 56.7 Å². The van der Waals surface area contributed by atoms with Crippen LogP contribution in [-0.4, -0.2) is 90.4 Å². The van der Waals surface area contributed by atoms with Crippen LogP contribution in [0.15, 0.2) is 169 Å². The molecule has 27 nitrogen and oxygen atoms in total. The van der Waals surface area contributed by atoms with Crippen molar-refractivity contribution in [2.24, 2.45) is 37.2 Å². The van der Waals surface area contributed by atoms with Crippen molar-refractivity contribution in [3.8, 4) is 11.5 Å². The van der Waals surface area contributed by atoms with E-state index in [1.165, 1.54) is 36.4 Å². The lowest BCUT2D eigenvalue weighted by atomic mass is 9.80. The van der Waals surface area contributed by atoms with E-state index in [0.29, 0.717) is 6.08 Å². The lowest BCUT2D eigenvalue weighted by Gasteiger charge is -2.29. The highest BCUT2D eigenvalue weighted by Gasteiger charge is 2.44. The predicted molar refractivity (Wildman–Crippen MR) is 239 cm³/mol. The Bertz CT molecular complexity index is 3780. The van der Waals surface area contributed by atoms with E-state index in [1.807, 2.05) is 0 Å². The minimum Gasteiger partial charge on any atom is -0.508 e. The number of nitrogens with zero attached hydrogens (tertiary/aromatic N) is 5. The zero-order valence-corrected chi connectivity index (χ0v) is 38.8. The smallest absolute Gasteiger partial charge is 0.296 e. The van der Waals surface area contributed by atoms with Crippen molar-refractivity contribution in [2.75, 3.05) is 10.1 Å². The van der Waals surface area contributed by atoms with Crippen LogP contribution in [0.2, 0.25) is 0 Å². The number of benzene rings is 4. The van der Waals surface area contributed by atoms with Gasteiger partial charge in [-0.05, 0) is 79.2 Å². The van der Waals surface area contributed by atoms with E-state index in [2.05, 4.69) is 42.3 Å². The van der Waals surface area contributed by atoms with Gasteiger partial charge in [0, 0.05) is 28.7 Å². The fraction of sp³-hybridized carbons (Fsp3) is 0.0556. The van der Waals surface area contributed by atoms with Gasteiger partial charge in [-0.3, -0.25) is 33.2 Å². The second-order valence-electron chi connectivity index (χ2n) is 14.0. The van der Waals surface area contributed by atoms with Gasteiger partial charge in [-0.25, -0.2) is 16.8 Å². The van der Waals surface area contributed by atoms with Gasteiger partial charge in [0.05, 0.1) is 26.9 Å². The summed E-state index contributed by atoms with van der Waals surface area (Å²) >= 11 is 0. The standard InChI is InChI=1S/C36H30N8O19S6/c1-2-64(48,49)28-16-25(27(66(52,53)54)17-29(28)67(55,56)57)41-42-34-30(68(58,59)60)13-18-14-31(69(61,62)63)35(36(47)32(18)33(34)37)43-39-20-7-10-23(11-8-20)65(50,51)44-21-5-3-19(4-6-21)38-40-24-12-9-22(45)15-26(24)46/h2-12,14-18,39,44-46H,1,13,37H2,(H,52,53,54)(H,55,56,57)(H,58,59,60)(H,61,62,63). The van der Waals surface area contributed by atoms with Gasteiger partial charge in [0.15, 0.2) is 5.71 Å². The van der Waals surface area contributed by atoms with Crippen LogP contribution in [-0.2, 0) is 65.1 Å². The molecule has 33 heteroatoms.